The van der Waals surface area contributed by atoms with Crippen molar-refractivity contribution < 1.29 is 54.2 Å². The minimum Gasteiger partial charge on any atom is -0.539 e. The number of amides is 1. The van der Waals surface area contributed by atoms with Crippen molar-refractivity contribution in [1.29, 1.82) is 0 Å². The van der Waals surface area contributed by atoms with Crippen LogP contribution >= 0.6 is 0 Å². The number of hydrogen-bond donors (Lipinski definition) is 5. The molecule has 1 aliphatic heterocycles. The van der Waals surface area contributed by atoms with Crippen molar-refractivity contribution >= 4 is 52.1 Å². The van der Waals surface area contributed by atoms with Gasteiger partial charge in [-0.3, -0.25) is 14.7 Å². The van der Waals surface area contributed by atoms with Crippen LogP contribution in [0.25, 0.3) is 10.9 Å². The Morgan fingerprint density at radius 3 is 1.88 bits per heavy atom. The Labute approximate surface area is 248 Å². The summed E-state index contributed by atoms with van der Waals surface area (Å²) in [6.07, 6.45) is 2.85. The fourth-order valence-corrected chi connectivity index (χ4v) is 4.72. The molecule has 1 aromatic heterocycles. The van der Waals surface area contributed by atoms with Crippen LogP contribution < -0.4 is 25.3 Å². The van der Waals surface area contributed by atoms with Gasteiger partial charge in [0.1, 0.15) is 31.9 Å². The summed E-state index contributed by atoms with van der Waals surface area (Å²) < 4.78 is 0. The van der Waals surface area contributed by atoms with Gasteiger partial charge in [0.15, 0.2) is 18.5 Å². The zero-order valence-corrected chi connectivity index (χ0v) is 24.1. The van der Waals surface area contributed by atoms with E-state index >= 15 is 0 Å². The Hall–Kier alpha value is -4.88. The monoisotopic (exact) mass is 596 g/mol. The van der Waals surface area contributed by atoms with Crippen molar-refractivity contribution in [2.75, 3.05) is 38.0 Å². The number of rotatable bonds is 7. The number of carboxylic acids is 4. The van der Waals surface area contributed by atoms with E-state index in [9.17, 15) is 4.79 Å². The highest BCUT2D eigenvalue weighted by atomic mass is 16.4. The molecule has 1 fully saturated rings. The lowest BCUT2D eigenvalue weighted by molar-refractivity contribution is -0.981. The number of hydrogen-bond acceptors (Lipinski definition) is 8. The standard InChI is InChI=1S/C26H32N4O.2C2H2O4/c1-3-10-23-21(4-2)26(22-13-8-9-14-24(22)27-23)28-25(31)19-29-15-17-30(18-16-29)20-11-6-5-7-12-20;2*3-1(4)2(5)6/h5-9,11-14H,3-4,10,15-19H2,1-2H3,(H,27,28,31);2*(H,3,4)(H,5,6). The molecule has 4 rings (SSSR count). The SMILES string of the molecule is CCCc1nc2ccccc2c(NC(=O)C[NH+]2CC[NH+](c3ccccc3)CC2)c1CC.O=C([O-])C(=O)O.O=C([O-])C(=O)O. The van der Waals surface area contributed by atoms with Gasteiger partial charge >= 0.3 is 11.9 Å². The molecule has 0 bridgehead atoms. The normalized spacial score (nSPS) is 15.6. The quantitative estimate of drug-likeness (QED) is 0.181. The van der Waals surface area contributed by atoms with Gasteiger partial charge in [0.05, 0.1) is 11.2 Å². The van der Waals surface area contributed by atoms with E-state index in [2.05, 4.69) is 55.6 Å². The molecule has 1 aliphatic rings. The fraction of sp³-hybridized carbons (Fsp3) is 0.333. The highest BCUT2D eigenvalue weighted by molar-refractivity contribution is 6.26. The summed E-state index contributed by atoms with van der Waals surface area (Å²) in [5.41, 5.74) is 5.58. The fourth-order valence-electron chi connectivity index (χ4n) is 4.72. The summed E-state index contributed by atoms with van der Waals surface area (Å²) in [5, 5.41) is 37.0. The number of para-hydroxylation sites is 2. The van der Waals surface area contributed by atoms with Crippen LogP contribution in [0.4, 0.5) is 11.4 Å². The smallest absolute Gasteiger partial charge is 0.351 e. The second kappa shape index (κ2) is 17.2. The summed E-state index contributed by atoms with van der Waals surface area (Å²) in [5.74, 6) is -7.92. The molecule has 0 aliphatic carbocycles. The van der Waals surface area contributed by atoms with Crippen molar-refractivity contribution in [2.45, 2.75) is 33.1 Å². The first-order valence-electron chi connectivity index (χ1n) is 13.8. The average Bonchev–Trinajstić information content (AvgIpc) is 2.99. The Kier molecular flexibility index (Phi) is 13.7. The lowest BCUT2D eigenvalue weighted by Gasteiger charge is -2.29. The largest absolute Gasteiger partial charge is 0.539 e. The third kappa shape index (κ3) is 10.8. The molecule has 1 amide bonds. The van der Waals surface area contributed by atoms with Crippen LogP contribution in [-0.2, 0) is 36.8 Å². The lowest BCUT2D eigenvalue weighted by atomic mass is 10.0. The van der Waals surface area contributed by atoms with Gasteiger partial charge in [-0.2, -0.15) is 0 Å². The summed E-state index contributed by atoms with van der Waals surface area (Å²) in [6, 6.07) is 18.8. The van der Waals surface area contributed by atoms with Crippen LogP contribution in [0.1, 0.15) is 31.5 Å². The summed E-state index contributed by atoms with van der Waals surface area (Å²) >= 11 is 0. The van der Waals surface area contributed by atoms with Crippen LogP contribution in [0.15, 0.2) is 54.6 Å². The third-order valence-electron chi connectivity index (χ3n) is 6.69. The Bertz CT molecular complexity index is 1370. The highest BCUT2D eigenvalue weighted by Crippen LogP contribution is 2.29. The molecule has 2 heterocycles. The molecule has 230 valence electrons. The maximum Gasteiger partial charge on any atom is 0.351 e. The van der Waals surface area contributed by atoms with Crippen molar-refractivity contribution in [3.63, 3.8) is 0 Å². The number of carbonyl (C=O) groups excluding carboxylic acids is 3. The number of aliphatic carboxylic acids is 4. The van der Waals surface area contributed by atoms with Gasteiger partial charge in [-0.25, -0.2) is 9.59 Å². The molecule has 3 aromatic rings. The molecule has 0 spiro atoms. The molecule has 43 heavy (non-hydrogen) atoms. The van der Waals surface area contributed by atoms with Crippen molar-refractivity contribution in [3.8, 4) is 0 Å². The van der Waals surface area contributed by atoms with Gasteiger partial charge in [-0.1, -0.05) is 56.7 Å². The highest BCUT2D eigenvalue weighted by Gasteiger charge is 2.26. The number of anilines is 1. The first-order chi connectivity index (χ1) is 20.5. The number of quaternary nitrogens is 2. The number of carboxylic acid groups (broad SMARTS) is 4. The minimum atomic E-state index is -2.07. The number of pyridine rings is 1. The van der Waals surface area contributed by atoms with Crippen molar-refractivity contribution in [2.24, 2.45) is 0 Å². The predicted octanol–water partition coefficient (Wildman–Crippen LogP) is -2.55. The van der Waals surface area contributed by atoms with Gasteiger partial charge in [0.25, 0.3) is 5.91 Å². The Morgan fingerprint density at radius 2 is 1.37 bits per heavy atom. The van der Waals surface area contributed by atoms with E-state index in [1.165, 1.54) is 21.1 Å². The molecule has 1 saturated heterocycles. The Balaban J connectivity index is 0.000000455. The van der Waals surface area contributed by atoms with E-state index in [0.29, 0.717) is 6.54 Å². The molecular weight excluding hydrogens is 560 g/mol. The molecule has 13 nitrogen and oxygen atoms in total. The second-order valence-electron chi connectivity index (χ2n) is 9.66. The number of fused-ring (bicyclic) bond motifs is 1. The molecular formula is C30H36N4O9. The third-order valence-corrected chi connectivity index (χ3v) is 6.69. The van der Waals surface area contributed by atoms with E-state index in [-0.39, 0.29) is 5.91 Å². The van der Waals surface area contributed by atoms with E-state index in [1.807, 2.05) is 18.2 Å². The molecule has 5 N–H and O–H groups in total. The molecule has 0 radical (unpaired) electrons. The average molecular weight is 597 g/mol. The van der Waals surface area contributed by atoms with Gasteiger partial charge in [0.2, 0.25) is 0 Å². The molecule has 0 atom stereocenters. The first kappa shape index (κ1) is 34.3. The van der Waals surface area contributed by atoms with Crippen LogP contribution in [0.3, 0.4) is 0 Å². The van der Waals surface area contributed by atoms with E-state index in [1.54, 1.807) is 0 Å². The molecule has 0 unspecified atom stereocenters. The van der Waals surface area contributed by atoms with E-state index in [0.717, 1.165) is 67.7 Å². The number of aromatic nitrogens is 1. The second-order valence-corrected chi connectivity index (χ2v) is 9.66. The lowest BCUT2D eigenvalue weighted by Crippen LogP contribution is -3.26. The number of piperazine rings is 1. The Morgan fingerprint density at radius 1 is 0.837 bits per heavy atom. The van der Waals surface area contributed by atoms with Gasteiger partial charge in [-0.15, -0.1) is 0 Å². The van der Waals surface area contributed by atoms with E-state index in [4.69, 9.17) is 44.6 Å². The number of benzene rings is 2. The molecule has 13 heteroatoms. The van der Waals surface area contributed by atoms with Gasteiger partial charge in [0, 0.05) is 11.1 Å². The topological polar surface area (TPSA) is 206 Å². The number of carbonyl (C=O) groups is 5. The van der Waals surface area contributed by atoms with Crippen LogP contribution in [0.2, 0.25) is 0 Å². The van der Waals surface area contributed by atoms with Crippen molar-refractivity contribution in [3.05, 3.63) is 65.9 Å². The summed E-state index contributed by atoms with van der Waals surface area (Å²) in [4.78, 5) is 56.9. The van der Waals surface area contributed by atoms with Crippen LogP contribution in [0.5, 0.6) is 0 Å². The van der Waals surface area contributed by atoms with Crippen LogP contribution in [-0.4, -0.2) is 77.7 Å². The maximum absolute atomic E-state index is 13.1. The summed E-state index contributed by atoms with van der Waals surface area (Å²) in [7, 11) is 0. The zero-order valence-electron chi connectivity index (χ0n) is 24.1. The van der Waals surface area contributed by atoms with Crippen LogP contribution in [0, 0.1) is 0 Å². The zero-order chi connectivity index (χ0) is 31.9. The van der Waals surface area contributed by atoms with Gasteiger partial charge in [-0.05, 0) is 36.6 Å². The number of aryl methyl sites for hydroxylation is 1. The first-order valence-corrected chi connectivity index (χ1v) is 13.8. The predicted molar refractivity (Wildman–Crippen MR) is 151 cm³/mol. The minimum absolute atomic E-state index is 0.103. The van der Waals surface area contributed by atoms with Gasteiger partial charge < -0.3 is 40.2 Å². The maximum atomic E-state index is 13.1. The molecule has 2 aromatic carbocycles. The van der Waals surface area contributed by atoms with E-state index < -0.39 is 23.9 Å². The van der Waals surface area contributed by atoms with Crippen molar-refractivity contribution in [1.82, 2.24) is 4.98 Å². The number of nitrogens with one attached hydrogen (secondary N) is 3. The summed E-state index contributed by atoms with van der Waals surface area (Å²) in [6.45, 7) is 8.99. The number of nitrogens with zero attached hydrogens (tertiary/aromatic N) is 1. The molecule has 0 saturated carbocycles.